The summed E-state index contributed by atoms with van der Waals surface area (Å²) < 4.78 is 71.4. The molecule has 0 unspecified atom stereocenters. The van der Waals surface area contributed by atoms with Gasteiger partial charge in [0.2, 0.25) is 0 Å². The van der Waals surface area contributed by atoms with Crippen LogP contribution in [0.1, 0.15) is 58.3 Å². The zero-order valence-corrected chi connectivity index (χ0v) is 32.6. The van der Waals surface area contributed by atoms with E-state index in [9.17, 15) is 0 Å². The van der Waals surface area contributed by atoms with E-state index in [1.54, 1.807) is 0 Å². The van der Waals surface area contributed by atoms with Crippen molar-refractivity contribution in [3.05, 3.63) is 0 Å². The van der Waals surface area contributed by atoms with Gasteiger partial charge in [-0.05, 0) is 13.5 Å². The van der Waals surface area contributed by atoms with Gasteiger partial charge >= 0.3 is 0 Å². The summed E-state index contributed by atoms with van der Waals surface area (Å²) in [5.74, 6) is 0. The first-order valence-corrected chi connectivity index (χ1v) is 19.6. The normalized spacial score (nSPS) is 11.6. The van der Waals surface area contributed by atoms with Gasteiger partial charge in [-0.15, -0.1) is 0 Å². The first-order valence-electron chi connectivity index (χ1n) is 19.6. The van der Waals surface area contributed by atoms with E-state index in [1.165, 1.54) is 44.9 Å². The van der Waals surface area contributed by atoms with Crippen LogP contribution in [-0.2, 0) is 61.6 Å². The summed E-state index contributed by atoms with van der Waals surface area (Å²) in [7, 11) is 1.90. The molecule has 51 heavy (non-hydrogen) atoms. The van der Waals surface area contributed by atoms with Crippen LogP contribution >= 0.6 is 0 Å². The SMILES string of the molecule is CCCCCCCCCCOCCOCCOCCOCCOCCOCCOCCOCCOCCOCCOCCOCCOCCNC. The van der Waals surface area contributed by atoms with Gasteiger partial charge in [0, 0.05) is 13.2 Å². The average molecular weight is 744 g/mol. The van der Waals surface area contributed by atoms with Gasteiger partial charge in [-0.1, -0.05) is 51.9 Å². The molecule has 0 amide bonds. The molecule has 0 spiro atoms. The summed E-state index contributed by atoms with van der Waals surface area (Å²) in [5.41, 5.74) is 0. The minimum Gasteiger partial charge on any atom is -0.379 e. The molecule has 0 radical (unpaired) electrons. The molecule has 14 heteroatoms. The predicted octanol–water partition coefficient (Wildman–Crippen LogP) is 3.56. The molecule has 0 fully saturated rings. The maximum absolute atomic E-state index is 5.63. The van der Waals surface area contributed by atoms with Crippen molar-refractivity contribution in [2.24, 2.45) is 0 Å². The molecule has 0 aromatic carbocycles. The van der Waals surface area contributed by atoms with Crippen LogP contribution in [0.3, 0.4) is 0 Å². The zero-order chi connectivity index (χ0) is 36.6. The van der Waals surface area contributed by atoms with Gasteiger partial charge in [0.25, 0.3) is 0 Å². The Morgan fingerprint density at radius 1 is 0.235 bits per heavy atom. The summed E-state index contributed by atoms with van der Waals surface area (Å²) >= 11 is 0. The van der Waals surface area contributed by atoms with Crippen molar-refractivity contribution in [2.45, 2.75) is 58.3 Å². The molecular formula is C37H77NO13. The van der Waals surface area contributed by atoms with Crippen LogP contribution in [0.25, 0.3) is 0 Å². The minimum absolute atomic E-state index is 0.515. The van der Waals surface area contributed by atoms with Crippen LogP contribution in [0.2, 0.25) is 0 Å². The smallest absolute Gasteiger partial charge is 0.0701 e. The molecule has 0 aliphatic heterocycles. The maximum Gasteiger partial charge on any atom is 0.0701 e. The van der Waals surface area contributed by atoms with Crippen LogP contribution in [0.4, 0.5) is 0 Å². The molecule has 0 aliphatic rings. The topological polar surface area (TPSA) is 132 Å². The number of likely N-dealkylation sites (N-methyl/N-ethyl adjacent to an activating group) is 1. The molecule has 0 aromatic rings. The summed E-state index contributed by atoms with van der Waals surface area (Å²) in [4.78, 5) is 0. The van der Waals surface area contributed by atoms with E-state index in [0.717, 1.165) is 19.6 Å². The van der Waals surface area contributed by atoms with E-state index in [1.807, 2.05) is 7.05 Å². The lowest BCUT2D eigenvalue weighted by atomic mass is 10.1. The van der Waals surface area contributed by atoms with Gasteiger partial charge in [-0.25, -0.2) is 0 Å². The Kier molecular flexibility index (Phi) is 48.9. The highest BCUT2D eigenvalue weighted by Gasteiger charge is 1.98. The third-order valence-electron chi connectivity index (χ3n) is 7.10. The molecule has 0 rings (SSSR count). The molecule has 0 bridgehead atoms. The second-order valence-corrected chi connectivity index (χ2v) is 11.5. The third kappa shape index (κ3) is 49.4. The van der Waals surface area contributed by atoms with Crippen molar-refractivity contribution in [3.63, 3.8) is 0 Å². The Morgan fingerprint density at radius 2 is 0.431 bits per heavy atom. The fourth-order valence-electron chi connectivity index (χ4n) is 4.25. The summed E-state index contributed by atoms with van der Waals surface area (Å²) in [6.45, 7) is 17.6. The molecule has 0 heterocycles. The molecule has 0 saturated heterocycles. The van der Waals surface area contributed by atoms with E-state index in [4.69, 9.17) is 61.6 Å². The molecule has 0 aliphatic carbocycles. The Bertz CT molecular complexity index is 551. The van der Waals surface area contributed by atoms with Gasteiger partial charge < -0.3 is 66.9 Å². The van der Waals surface area contributed by atoms with Crippen LogP contribution in [0.15, 0.2) is 0 Å². The molecular weight excluding hydrogens is 666 g/mol. The van der Waals surface area contributed by atoms with Gasteiger partial charge in [0.1, 0.15) is 0 Å². The molecule has 0 atom stereocenters. The Balaban J connectivity index is 3.04. The highest BCUT2D eigenvalue weighted by Crippen LogP contribution is 2.08. The zero-order valence-electron chi connectivity index (χ0n) is 32.6. The quantitative estimate of drug-likeness (QED) is 0.0912. The Morgan fingerprint density at radius 3 is 0.667 bits per heavy atom. The monoisotopic (exact) mass is 744 g/mol. The second-order valence-electron chi connectivity index (χ2n) is 11.5. The molecule has 14 nitrogen and oxygen atoms in total. The third-order valence-corrected chi connectivity index (χ3v) is 7.10. The lowest BCUT2D eigenvalue weighted by Crippen LogP contribution is -2.17. The highest BCUT2D eigenvalue weighted by molar-refractivity contribution is 4.46. The van der Waals surface area contributed by atoms with Gasteiger partial charge in [0.15, 0.2) is 0 Å². The fraction of sp³-hybridized carbons (Fsp3) is 1.00. The predicted molar refractivity (Wildman–Crippen MR) is 197 cm³/mol. The number of ether oxygens (including phenoxy) is 13. The van der Waals surface area contributed by atoms with E-state index < -0.39 is 0 Å². The van der Waals surface area contributed by atoms with Crippen molar-refractivity contribution in [1.29, 1.82) is 0 Å². The van der Waals surface area contributed by atoms with E-state index >= 15 is 0 Å². The lowest BCUT2D eigenvalue weighted by molar-refractivity contribution is -0.0290. The summed E-state index contributed by atoms with van der Waals surface area (Å²) in [5, 5.41) is 3.02. The van der Waals surface area contributed by atoms with Gasteiger partial charge in [0.05, 0.1) is 165 Å². The number of nitrogens with one attached hydrogen (secondary N) is 1. The lowest BCUT2D eigenvalue weighted by Gasteiger charge is -2.09. The van der Waals surface area contributed by atoms with Crippen LogP contribution in [0, 0.1) is 0 Å². The van der Waals surface area contributed by atoms with Crippen LogP contribution in [-0.4, -0.2) is 185 Å². The van der Waals surface area contributed by atoms with Crippen molar-refractivity contribution < 1.29 is 61.6 Å². The minimum atomic E-state index is 0.515. The largest absolute Gasteiger partial charge is 0.379 e. The van der Waals surface area contributed by atoms with Crippen molar-refractivity contribution in [2.75, 3.05) is 185 Å². The van der Waals surface area contributed by atoms with E-state index in [2.05, 4.69) is 12.2 Å². The first kappa shape index (κ1) is 50.4. The second kappa shape index (κ2) is 49.4. The van der Waals surface area contributed by atoms with Crippen LogP contribution in [0.5, 0.6) is 0 Å². The van der Waals surface area contributed by atoms with Gasteiger partial charge in [-0.3, -0.25) is 0 Å². The van der Waals surface area contributed by atoms with Crippen molar-refractivity contribution in [1.82, 2.24) is 5.32 Å². The standard InChI is InChI=1S/C37H77NO13/c1-3-4-5-6-7-8-9-10-12-39-14-16-41-18-20-43-22-24-45-26-28-47-30-32-49-34-36-51-37-35-50-33-31-48-29-27-46-25-23-44-21-19-42-17-15-40-13-11-38-2/h38H,3-37H2,1-2H3. The molecule has 0 aromatic heterocycles. The van der Waals surface area contributed by atoms with E-state index in [-0.39, 0.29) is 0 Å². The van der Waals surface area contributed by atoms with Crippen molar-refractivity contribution >= 4 is 0 Å². The summed E-state index contributed by atoms with van der Waals surface area (Å²) in [6, 6.07) is 0. The molecule has 308 valence electrons. The first-order chi connectivity index (χ1) is 25.4. The summed E-state index contributed by atoms with van der Waals surface area (Å²) in [6.07, 6.45) is 10.5. The number of rotatable bonds is 48. The van der Waals surface area contributed by atoms with Crippen LogP contribution < -0.4 is 5.32 Å². The maximum atomic E-state index is 5.63. The number of unbranched alkanes of at least 4 members (excludes halogenated alkanes) is 7. The van der Waals surface area contributed by atoms with Crippen molar-refractivity contribution in [3.8, 4) is 0 Å². The number of hydrogen-bond acceptors (Lipinski definition) is 14. The Labute approximate surface area is 310 Å². The molecule has 0 saturated carbocycles. The average Bonchev–Trinajstić information content (AvgIpc) is 3.14. The van der Waals surface area contributed by atoms with E-state index in [0.29, 0.717) is 165 Å². The highest BCUT2D eigenvalue weighted by atomic mass is 16.6. The van der Waals surface area contributed by atoms with Gasteiger partial charge in [-0.2, -0.15) is 0 Å². The Hall–Kier alpha value is -0.560. The fourth-order valence-corrected chi connectivity index (χ4v) is 4.25. The number of hydrogen-bond donors (Lipinski definition) is 1. The molecule has 1 N–H and O–H groups in total.